The van der Waals surface area contributed by atoms with E-state index in [0.717, 1.165) is 17.3 Å². The average molecular weight is 257 g/mol. The molecule has 1 heterocycles. The van der Waals surface area contributed by atoms with Crippen LogP contribution in [0.2, 0.25) is 0 Å². The second kappa shape index (κ2) is 5.56. The SMILES string of the molecule is CNc1nc(Nc2ccc(C)cc2)cc(N(C)C)n1. The number of hydrogen-bond acceptors (Lipinski definition) is 5. The highest BCUT2D eigenvalue weighted by atomic mass is 15.2. The van der Waals surface area contributed by atoms with Gasteiger partial charge in [-0.2, -0.15) is 9.97 Å². The molecule has 5 heteroatoms. The highest BCUT2D eigenvalue weighted by molar-refractivity contribution is 5.61. The van der Waals surface area contributed by atoms with Gasteiger partial charge in [0.2, 0.25) is 5.95 Å². The summed E-state index contributed by atoms with van der Waals surface area (Å²) in [6.45, 7) is 2.07. The van der Waals surface area contributed by atoms with E-state index in [2.05, 4.69) is 39.7 Å². The van der Waals surface area contributed by atoms with Crippen molar-refractivity contribution in [1.82, 2.24) is 9.97 Å². The number of nitrogens with one attached hydrogen (secondary N) is 2. The highest BCUT2D eigenvalue weighted by Crippen LogP contribution is 2.20. The molecule has 0 radical (unpaired) electrons. The Morgan fingerprint density at radius 3 is 2.32 bits per heavy atom. The Morgan fingerprint density at radius 2 is 1.74 bits per heavy atom. The lowest BCUT2D eigenvalue weighted by molar-refractivity contribution is 1.04. The zero-order valence-corrected chi connectivity index (χ0v) is 11.7. The van der Waals surface area contributed by atoms with E-state index in [9.17, 15) is 0 Å². The maximum Gasteiger partial charge on any atom is 0.226 e. The fourth-order valence-electron chi connectivity index (χ4n) is 1.62. The molecule has 0 aliphatic heterocycles. The van der Waals surface area contributed by atoms with Crippen LogP contribution in [0.4, 0.5) is 23.3 Å². The number of nitrogens with zero attached hydrogens (tertiary/aromatic N) is 3. The molecule has 5 nitrogen and oxygen atoms in total. The lowest BCUT2D eigenvalue weighted by atomic mass is 10.2. The summed E-state index contributed by atoms with van der Waals surface area (Å²) in [7, 11) is 5.72. The van der Waals surface area contributed by atoms with Crippen LogP contribution in [0.25, 0.3) is 0 Å². The normalized spacial score (nSPS) is 10.1. The van der Waals surface area contributed by atoms with Crippen molar-refractivity contribution in [3.63, 3.8) is 0 Å². The topological polar surface area (TPSA) is 53.1 Å². The minimum Gasteiger partial charge on any atom is -0.363 e. The van der Waals surface area contributed by atoms with Crippen molar-refractivity contribution >= 4 is 23.3 Å². The van der Waals surface area contributed by atoms with E-state index in [1.807, 2.05) is 44.2 Å². The van der Waals surface area contributed by atoms with Crippen molar-refractivity contribution in [2.24, 2.45) is 0 Å². The fraction of sp³-hybridized carbons (Fsp3) is 0.286. The first-order chi connectivity index (χ1) is 9.08. The molecule has 0 aliphatic carbocycles. The Kier molecular flexibility index (Phi) is 3.85. The zero-order chi connectivity index (χ0) is 13.8. The second-order valence-corrected chi connectivity index (χ2v) is 4.57. The van der Waals surface area contributed by atoms with E-state index in [1.54, 1.807) is 0 Å². The highest BCUT2D eigenvalue weighted by Gasteiger charge is 2.05. The van der Waals surface area contributed by atoms with Crippen LogP contribution >= 0.6 is 0 Å². The van der Waals surface area contributed by atoms with Crippen LogP contribution in [-0.4, -0.2) is 31.1 Å². The zero-order valence-electron chi connectivity index (χ0n) is 11.7. The van der Waals surface area contributed by atoms with Crippen molar-refractivity contribution in [3.8, 4) is 0 Å². The van der Waals surface area contributed by atoms with Crippen molar-refractivity contribution in [3.05, 3.63) is 35.9 Å². The van der Waals surface area contributed by atoms with E-state index in [-0.39, 0.29) is 0 Å². The predicted octanol–water partition coefficient (Wildman–Crippen LogP) is 2.64. The Morgan fingerprint density at radius 1 is 1.05 bits per heavy atom. The van der Waals surface area contributed by atoms with Crippen molar-refractivity contribution in [1.29, 1.82) is 0 Å². The molecule has 2 aromatic rings. The van der Waals surface area contributed by atoms with Crippen LogP contribution in [-0.2, 0) is 0 Å². The number of rotatable bonds is 4. The molecule has 0 saturated carbocycles. The molecule has 0 saturated heterocycles. The maximum absolute atomic E-state index is 4.39. The minimum absolute atomic E-state index is 0.598. The van der Waals surface area contributed by atoms with Gasteiger partial charge in [-0.25, -0.2) is 0 Å². The van der Waals surface area contributed by atoms with Gasteiger partial charge in [-0.15, -0.1) is 0 Å². The molecule has 0 bridgehead atoms. The van der Waals surface area contributed by atoms with Crippen LogP contribution in [0, 0.1) is 6.92 Å². The molecule has 0 fully saturated rings. The van der Waals surface area contributed by atoms with Gasteiger partial charge < -0.3 is 15.5 Å². The summed E-state index contributed by atoms with van der Waals surface area (Å²) in [4.78, 5) is 10.7. The molecule has 100 valence electrons. The standard InChI is InChI=1S/C14H19N5/c1-10-5-7-11(8-6-10)16-12-9-13(19(3)4)18-14(15-2)17-12/h5-9H,1-4H3,(H2,15,16,17,18). The molecular formula is C14H19N5. The number of hydrogen-bond donors (Lipinski definition) is 2. The molecule has 2 N–H and O–H groups in total. The summed E-state index contributed by atoms with van der Waals surface area (Å²) < 4.78 is 0. The van der Waals surface area contributed by atoms with Gasteiger partial charge in [0.15, 0.2) is 0 Å². The van der Waals surface area contributed by atoms with E-state index in [1.165, 1.54) is 5.56 Å². The van der Waals surface area contributed by atoms with Gasteiger partial charge >= 0.3 is 0 Å². The molecule has 2 rings (SSSR count). The summed E-state index contributed by atoms with van der Waals surface area (Å²) in [5.74, 6) is 2.22. The summed E-state index contributed by atoms with van der Waals surface area (Å²) in [6.07, 6.45) is 0. The van der Waals surface area contributed by atoms with E-state index in [4.69, 9.17) is 0 Å². The Bertz CT molecular complexity index is 548. The van der Waals surface area contributed by atoms with Gasteiger partial charge in [-0.05, 0) is 19.1 Å². The summed E-state index contributed by atoms with van der Waals surface area (Å²) in [5, 5.41) is 6.25. The van der Waals surface area contributed by atoms with Gasteiger partial charge in [0, 0.05) is 32.9 Å². The van der Waals surface area contributed by atoms with E-state index in [0.29, 0.717) is 5.95 Å². The molecule has 0 amide bonds. The fourth-order valence-corrected chi connectivity index (χ4v) is 1.62. The van der Waals surface area contributed by atoms with Gasteiger partial charge in [-0.1, -0.05) is 17.7 Å². The Labute approximate surface area is 113 Å². The quantitative estimate of drug-likeness (QED) is 0.882. The molecule has 0 spiro atoms. The van der Waals surface area contributed by atoms with Crippen LogP contribution in [0.5, 0.6) is 0 Å². The Hall–Kier alpha value is -2.30. The first-order valence-corrected chi connectivity index (χ1v) is 6.16. The minimum atomic E-state index is 0.598. The lowest BCUT2D eigenvalue weighted by Gasteiger charge is -2.14. The van der Waals surface area contributed by atoms with Crippen molar-refractivity contribution < 1.29 is 0 Å². The van der Waals surface area contributed by atoms with Crippen LogP contribution in [0.3, 0.4) is 0 Å². The molecule has 1 aromatic carbocycles. The predicted molar refractivity (Wildman–Crippen MR) is 80.4 cm³/mol. The van der Waals surface area contributed by atoms with Gasteiger partial charge in [0.05, 0.1) is 0 Å². The Balaban J connectivity index is 2.28. The van der Waals surface area contributed by atoms with Crippen molar-refractivity contribution in [2.45, 2.75) is 6.92 Å². The van der Waals surface area contributed by atoms with Gasteiger partial charge in [0.1, 0.15) is 11.6 Å². The van der Waals surface area contributed by atoms with E-state index >= 15 is 0 Å². The first kappa shape index (κ1) is 13.1. The van der Waals surface area contributed by atoms with Crippen LogP contribution in [0.15, 0.2) is 30.3 Å². The third-order valence-corrected chi connectivity index (χ3v) is 2.72. The number of anilines is 4. The van der Waals surface area contributed by atoms with Crippen molar-refractivity contribution in [2.75, 3.05) is 36.7 Å². The largest absolute Gasteiger partial charge is 0.363 e. The average Bonchev–Trinajstić information content (AvgIpc) is 2.41. The summed E-state index contributed by atoms with van der Waals surface area (Å²) >= 11 is 0. The lowest BCUT2D eigenvalue weighted by Crippen LogP contribution is -2.13. The van der Waals surface area contributed by atoms with E-state index < -0.39 is 0 Å². The molecule has 0 atom stereocenters. The van der Waals surface area contributed by atoms with Gasteiger partial charge in [-0.3, -0.25) is 0 Å². The third kappa shape index (κ3) is 3.34. The number of aromatic nitrogens is 2. The smallest absolute Gasteiger partial charge is 0.226 e. The molecule has 0 unspecified atom stereocenters. The van der Waals surface area contributed by atoms with Gasteiger partial charge in [0.25, 0.3) is 0 Å². The van der Waals surface area contributed by atoms with Crippen LogP contribution in [0.1, 0.15) is 5.56 Å². The van der Waals surface area contributed by atoms with Crippen LogP contribution < -0.4 is 15.5 Å². The summed E-state index contributed by atoms with van der Waals surface area (Å²) in [5.41, 5.74) is 2.24. The molecular weight excluding hydrogens is 238 g/mol. The monoisotopic (exact) mass is 257 g/mol. The maximum atomic E-state index is 4.39. The molecule has 19 heavy (non-hydrogen) atoms. The summed E-state index contributed by atoms with van der Waals surface area (Å²) in [6, 6.07) is 10.1. The second-order valence-electron chi connectivity index (χ2n) is 4.57. The molecule has 0 aliphatic rings. The number of aryl methyl sites for hydroxylation is 1. The molecule has 1 aromatic heterocycles. The third-order valence-electron chi connectivity index (χ3n) is 2.72. The number of benzene rings is 1. The first-order valence-electron chi connectivity index (χ1n) is 6.16.